The maximum absolute atomic E-state index is 11.5. The Bertz CT molecular complexity index is 354. The molecule has 1 amide bonds. The van der Waals surface area contributed by atoms with Gasteiger partial charge in [-0.25, -0.2) is 0 Å². The number of carbonyl (C=O) groups excluding carboxylic acids is 1. The Kier molecular flexibility index (Phi) is 6.00. The Labute approximate surface area is 110 Å². The summed E-state index contributed by atoms with van der Waals surface area (Å²) < 4.78 is 5.96. The molecule has 0 bridgehead atoms. The minimum Gasteiger partial charge on any atom is -0.383 e. The van der Waals surface area contributed by atoms with E-state index in [1.54, 1.807) is 7.11 Å². The normalized spacial score (nSPS) is 11.9. The number of benzene rings is 1. The highest BCUT2D eigenvalue weighted by molar-refractivity contribution is 9.10. The van der Waals surface area contributed by atoms with Gasteiger partial charge in [-0.15, -0.1) is 0 Å². The number of nitrogens with one attached hydrogen (secondary N) is 2. The molecule has 0 unspecified atom stereocenters. The summed E-state index contributed by atoms with van der Waals surface area (Å²) in [5.74, 6) is -0.0440. The number of methoxy groups -OCH3 is 1. The number of amides is 1. The topological polar surface area (TPSA) is 50.4 Å². The average molecular weight is 301 g/mol. The van der Waals surface area contributed by atoms with Crippen LogP contribution in [0.5, 0.6) is 0 Å². The molecule has 0 aromatic heterocycles. The Morgan fingerprint density at radius 3 is 2.65 bits per heavy atom. The van der Waals surface area contributed by atoms with Crippen LogP contribution in [0.4, 0.5) is 5.69 Å². The van der Waals surface area contributed by atoms with Crippen LogP contribution in [0.25, 0.3) is 0 Å². The summed E-state index contributed by atoms with van der Waals surface area (Å²) in [5, 5.41) is 5.87. The van der Waals surface area contributed by atoms with Gasteiger partial charge in [-0.1, -0.05) is 15.9 Å². The second-order valence-electron chi connectivity index (χ2n) is 3.78. The van der Waals surface area contributed by atoms with E-state index in [0.717, 1.165) is 10.2 Å². The van der Waals surface area contributed by atoms with Crippen LogP contribution in [0.2, 0.25) is 0 Å². The Hall–Kier alpha value is -1.07. The van der Waals surface area contributed by atoms with Gasteiger partial charge in [0.05, 0.1) is 13.2 Å². The zero-order chi connectivity index (χ0) is 12.7. The molecule has 0 aliphatic carbocycles. The molecular weight excluding hydrogens is 284 g/mol. The van der Waals surface area contributed by atoms with E-state index >= 15 is 0 Å². The molecule has 0 aliphatic rings. The predicted octanol–water partition coefficient (Wildman–Crippen LogP) is 2.01. The molecule has 0 heterocycles. The molecule has 1 rings (SSSR count). The number of rotatable bonds is 6. The zero-order valence-electron chi connectivity index (χ0n) is 10.00. The molecule has 2 N–H and O–H groups in total. The average Bonchev–Trinajstić information content (AvgIpc) is 2.28. The molecule has 17 heavy (non-hydrogen) atoms. The molecular formula is C12H17BrN2O2. The summed E-state index contributed by atoms with van der Waals surface area (Å²) in [6.45, 7) is 2.68. The number of halogens is 1. The molecule has 0 spiro atoms. The molecule has 1 aromatic carbocycles. The van der Waals surface area contributed by atoms with E-state index in [4.69, 9.17) is 4.74 Å². The molecule has 0 aliphatic heterocycles. The lowest BCUT2D eigenvalue weighted by atomic mass is 10.3. The van der Waals surface area contributed by atoms with Crippen LogP contribution in [0.15, 0.2) is 28.7 Å². The molecule has 0 saturated carbocycles. The van der Waals surface area contributed by atoms with Gasteiger partial charge in [0.15, 0.2) is 0 Å². The summed E-state index contributed by atoms with van der Waals surface area (Å²) in [6.07, 6.45) is 0. The molecule has 0 fully saturated rings. The van der Waals surface area contributed by atoms with E-state index in [2.05, 4.69) is 26.6 Å². The first-order valence-electron chi connectivity index (χ1n) is 5.39. The summed E-state index contributed by atoms with van der Waals surface area (Å²) in [4.78, 5) is 11.5. The Morgan fingerprint density at radius 1 is 1.41 bits per heavy atom. The van der Waals surface area contributed by atoms with Gasteiger partial charge < -0.3 is 15.4 Å². The van der Waals surface area contributed by atoms with Gasteiger partial charge in [0.1, 0.15) is 0 Å². The van der Waals surface area contributed by atoms with E-state index < -0.39 is 0 Å². The molecule has 0 saturated heterocycles. The maximum Gasteiger partial charge on any atom is 0.239 e. The van der Waals surface area contributed by atoms with Gasteiger partial charge in [0.2, 0.25) is 5.91 Å². The number of ether oxygens (including phenoxy) is 1. The van der Waals surface area contributed by atoms with Crippen molar-refractivity contribution in [3.05, 3.63) is 28.7 Å². The SMILES string of the molecule is COC[C@H](C)NC(=O)CNc1ccc(Br)cc1. The van der Waals surface area contributed by atoms with E-state index in [-0.39, 0.29) is 18.5 Å². The Balaban J connectivity index is 2.30. The molecule has 1 atom stereocenters. The van der Waals surface area contributed by atoms with Crippen LogP contribution >= 0.6 is 15.9 Å². The van der Waals surface area contributed by atoms with E-state index in [1.165, 1.54) is 0 Å². The number of hydrogen-bond donors (Lipinski definition) is 2. The van der Waals surface area contributed by atoms with Crippen molar-refractivity contribution in [1.29, 1.82) is 0 Å². The van der Waals surface area contributed by atoms with Crippen LogP contribution in [-0.4, -0.2) is 32.2 Å². The fraction of sp³-hybridized carbons (Fsp3) is 0.417. The predicted molar refractivity (Wildman–Crippen MR) is 72.1 cm³/mol. The number of hydrogen-bond acceptors (Lipinski definition) is 3. The highest BCUT2D eigenvalue weighted by Crippen LogP contribution is 2.13. The maximum atomic E-state index is 11.5. The highest BCUT2D eigenvalue weighted by atomic mass is 79.9. The number of carbonyl (C=O) groups is 1. The van der Waals surface area contributed by atoms with Crippen molar-refractivity contribution in [2.45, 2.75) is 13.0 Å². The van der Waals surface area contributed by atoms with Crippen molar-refractivity contribution in [2.24, 2.45) is 0 Å². The first-order chi connectivity index (χ1) is 8.11. The van der Waals surface area contributed by atoms with Gasteiger partial charge in [0, 0.05) is 23.3 Å². The van der Waals surface area contributed by atoms with Crippen LogP contribution < -0.4 is 10.6 Å². The highest BCUT2D eigenvalue weighted by Gasteiger charge is 2.06. The monoisotopic (exact) mass is 300 g/mol. The molecule has 1 aromatic rings. The van der Waals surface area contributed by atoms with Crippen molar-refractivity contribution in [2.75, 3.05) is 25.6 Å². The van der Waals surface area contributed by atoms with Crippen LogP contribution in [0.3, 0.4) is 0 Å². The first-order valence-corrected chi connectivity index (χ1v) is 6.19. The fourth-order valence-electron chi connectivity index (χ4n) is 1.37. The summed E-state index contributed by atoms with van der Waals surface area (Å²) in [6, 6.07) is 7.70. The lowest BCUT2D eigenvalue weighted by Crippen LogP contribution is -2.39. The van der Waals surface area contributed by atoms with E-state index in [0.29, 0.717) is 6.61 Å². The van der Waals surface area contributed by atoms with Crippen LogP contribution in [0.1, 0.15) is 6.92 Å². The van der Waals surface area contributed by atoms with Gasteiger partial charge in [-0.3, -0.25) is 4.79 Å². The summed E-state index contributed by atoms with van der Waals surface area (Å²) in [7, 11) is 1.61. The van der Waals surface area contributed by atoms with Crippen molar-refractivity contribution >= 4 is 27.5 Å². The van der Waals surface area contributed by atoms with Crippen LogP contribution in [0, 0.1) is 0 Å². The fourth-order valence-corrected chi connectivity index (χ4v) is 1.63. The van der Waals surface area contributed by atoms with Crippen molar-refractivity contribution in [1.82, 2.24) is 5.32 Å². The molecule has 4 nitrogen and oxygen atoms in total. The molecule has 0 radical (unpaired) electrons. The van der Waals surface area contributed by atoms with Gasteiger partial charge >= 0.3 is 0 Å². The van der Waals surface area contributed by atoms with E-state index in [9.17, 15) is 4.79 Å². The van der Waals surface area contributed by atoms with E-state index in [1.807, 2.05) is 31.2 Å². The second-order valence-corrected chi connectivity index (χ2v) is 4.70. The lowest BCUT2D eigenvalue weighted by Gasteiger charge is -2.13. The lowest BCUT2D eigenvalue weighted by molar-refractivity contribution is -0.120. The Morgan fingerprint density at radius 2 is 2.06 bits per heavy atom. The first kappa shape index (κ1) is 14.0. The summed E-state index contributed by atoms with van der Waals surface area (Å²) >= 11 is 3.35. The zero-order valence-corrected chi connectivity index (χ0v) is 11.6. The third-order valence-electron chi connectivity index (χ3n) is 2.12. The smallest absolute Gasteiger partial charge is 0.239 e. The largest absolute Gasteiger partial charge is 0.383 e. The van der Waals surface area contributed by atoms with Gasteiger partial charge in [-0.05, 0) is 31.2 Å². The molecule has 5 heteroatoms. The van der Waals surface area contributed by atoms with Gasteiger partial charge in [-0.2, -0.15) is 0 Å². The third-order valence-corrected chi connectivity index (χ3v) is 2.65. The minimum absolute atomic E-state index is 0.0271. The standard InChI is InChI=1S/C12H17BrN2O2/c1-9(8-17-2)15-12(16)7-14-11-5-3-10(13)4-6-11/h3-6,9,14H,7-8H2,1-2H3,(H,15,16)/t9-/m0/s1. The van der Waals surface area contributed by atoms with Crippen LogP contribution in [-0.2, 0) is 9.53 Å². The van der Waals surface area contributed by atoms with Crippen molar-refractivity contribution < 1.29 is 9.53 Å². The number of anilines is 1. The second kappa shape index (κ2) is 7.29. The molecule has 94 valence electrons. The third kappa shape index (κ3) is 5.70. The minimum atomic E-state index is -0.0440. The quantitative estimate of drug-likeness (QED) is 0.845. The summed E-state index contributed by atoms with van der Waals surface area (Å²) in [5.41, 5.74) is 0.919. The van der Waals surface area contributed by atoms with Crippen molar-refractivity contribution in [3.8, 4) is 0 Å². The van der Waals surface area contributed by atoms with Crippen molar-refractivity contribution in [3.63, 3.8) is 0 Å². The van der Waals surface area contributed by atoms with Gasteiger partial charge in [0.25, 0.3) is 0 Å².